The first-order valence-electron chi connectivity index (χ1n) is 5.77. The van der Waals surface area contributed by atoms with E-state index in [-0.39, 0.29) is 11.3 Å². The second kappa shape index (κ2) is 5.43. The van der Waals surface area contributed by atoms with Crippen molar-refractivity contribution in [2.24, 2.45) is 0 Å². The van der Waals surface area contributed by atoms with Crippen LogP contribution >= 0.6 is 0 Å². The van der Waals surface area contributed by atoms with Crippen molar-refractivity contribution in [2.75, 3.05) is 5.73 Å². The van der Waals surface area contributed by atoms with Gasteiger partial charge in [0.2, 0.25) is 0 Å². The van der Waals surface area contributed by atoms with Crippen molar-refractivity contribution in [3.8, 4) is 0 Å². The monoisotopic (exact) mass is 311 g/mol. The van der Waals surface area contributed by atoms with E-state index in [4.69, 9.17) is 10.8 Å². The van der Waals surface area contributed by atoms with Gasteiger partial charge in [-0.3, -0.25) is 9.78 Å². The van der Waals surface area contributed by atoms with E-state index in [1.165, 1.54) is 6.07 Å². The van der Waals surface area contributed by atoms with Crippen LogP contribution < -0.4 is 5.73 Å². The molecule has 0 aliphatic heterocycles. The third kappa shape index (κ3) is 2.87. The molecule has 3 N–H and O–H groups in total. The minimum atomic E-state index is -4.73. The van der Waals surface area contributed by atoms with Crippen LogP contribution in [0.5, 0.6) is 0 Å². The largest absolute Gasteiger partial charge is 0.476 e. The Balaban J connectivity index is 2.57. The van der Waals surface area contributed by atoms with E-state index in [0.717, 1.165) is 18.5 Å². The number of aromatic carboxylic acids is 1. The summed E-state index contributed by atoms with van der Waals surface area (Å²) in [4.78, 5) is 30.0. The second-order valence-corrected chi connectivity index (χ2v) is 4.19. The number of halogens is 3. The molecule has 0 spiro atoms. The number of rotatable bonds is 3. The minimum Gasteiger partial charge on any atom is -0.476 e. The quantitative estimate of drug-likeness (QED) is 0.840. The summed E-state index contributed by atoms with van der Waals surface area (Å²) in [7, 11) is 0. The molecule has 0 amide bonds. The number of nitrogen functional groups attached to an aromatic ring is 1. The second-order valence-electron chi connectivity index (χ2n) is 4.19. The van der Waals surface area contributed by atoms with E-state index < -0.39 is 34.9 Å². The van der Waals surface area contributed by atoms with Gasteiger partial charge in [0.15, 0.2) is 11.5 Å². The molecule has 2 aromatic rings. The minimum absolute atomic E-state index is 0.192. The lowest BCUT2D eigenvalue weighted by Gasteiger charge is -2.09. The number of nitrogens with two attached hydrogens (primary N) is 1. The number of hydrogen-bond acceptors (Lipinski definition) is 5. The van der Waals surface area contributed by atoms with E-state index in [2.05, 4.69) is 9.97 Å². The predicted molar refractivity (Wildman–Crippen MR) is 68.3 cm³/mol. The summed E-state index contributed by atoms with van der Waals surface area (Å²) in [5, 5.41) is 9.01. The normalized spacial score (nSPS) is 11.2. The third-order valence-corrected chi connectivity index (χ3v) is 2.73. The lowest BCUT2D eigenvalue weighted by molar-refractivity contribution is -0.141. The van der Waals surface area contributed by atoms with Gasteiger partial charge < -0.3 is 10.8 Å². The van der Waals surface area contributed by atoms with Crippen LogP contribution in [0.3, 0.4) is 0 Å². The molecule has 0 aromatic carbocycles. The summed E-state index contributed by atoms with van der Waals surface area (Å²) < 4.78 is 37.8. The molecule has 0 saturated carbocycles. The molecule has 0 bridgehead atoms. The molecule has 0 unspecified atom stereocenters. The first-order chi connectivity index (χ1) is 10.2. The number of nitrogens with zero attached hydrogens (tertiary/aromatic N) is 2. The van der Waals surface area contributed by atoms with Gasteiger partial charge in [0.25, 0.3) is 0 Å². The fourth-order valence-corrected chi connectivity index (χ4v) is 1.75. The highest BCUT2D eigenvalue weighted by Crippen LogP contribution is 2.28. The van der Waals surface area contributed by atoms with Crippen LogP contribution in [0, 0.1) is 0 Å². The molecule has 0 aliphatic rings. The molecule has 0 saturated heterocycles. The molecular weight excluding hydrogens is 303 g/mol. The number of carbonyl (C=O) groups is 2. The lowest BCUT2D eigenvalue weighted by atomic mass is 10.0. The molecule has 0 radical (unpaired) electrons. The number of hydrogen-bond donors (Lipinski definition) is 2. The van der Waals surface area contributed by atoms with Gasteiger partial charge in [-0.15, -0.1) is 0 Å². The van der Waals surface area contributed by atoms with Gasteiger partial charge in [-0.05, 0) is 18.2 Å². The van der Waals surface area contributed by atoms with Crippen molar-refractivity contribution in [2.45, 2.75) is 6.18 Å². The first-order valence-corrected chi connectivity index (χ1v) is 5.77. The maximum atomic E-state index is 12.6. The van der Waals surface area contributed by atoms with Crippen molar-refractivity contribution in [1.29, 1.82) is 0 Å². The summed E-state index contributed by atoms with van der Waals surface area (Å²) in [5.41, 5.74) is 2.62. The number of pyridine rings is 2. The molecule has 0 fully saturated rings. The van der Waals surface area contributed by atoms with Gasteiger partial charge in [-0.2, -0.15) is 13.2 Å². The maximum absolute atomic E-state index is 12.6. The molecule has 0 atom stereocenters. The van der Waals surface area contributed by atoms with Gasteiger partial charge in [-0.25, -0.2) is 9.78 Å². The average Bonchev–Trinajstić information content (AvgIpc) is 2.45. The van der Waals surface area contributed by atoms with Crippen molar-refractivity contribution >= 4 is 17.4 Å². The third-order valence-electron chi connectivity index (χ3n) is 2.73. The highest BCUT2D eigenvalue weighted by molar-refractivity contribution is 6.16. The van der Waals surface area contributed by atoms with Crippen LogP contribution in [0.15, 0.2) is 30.6 Å². The topological polar surface area (TPSA) is 106 Å². The number of anilines is 1. The first kappa shape index (κ1) is 15.4. The number of carboxylic acids is 1. The molecule has 2 aromatic heterocycles. The zero-order valence-corrected chi connectivity index (χ0v) is 10.8. The number of carbonyl (C=O) groups excluding carboxylic acids is 1. The molecule has 22 heavy (non-hydrogen) atoms. The predicted octanol–water partition coefficient (Wildman–Crippen LogP) is 2.01. The van der Waals surface area contributed by atoms with E-state index >= 15 is 0 Å². The van der Waals surface area contributed by atoms with E-state index in [1.54, 1.807) is 0 Å². The van der Waals surface area contributed by atoms with Crippen molar-refractivity contribution in [3.63, 3.8) is 0 Å². The standard InChI is InChI=1S/C13H8F3N3O3/c14-13(15,16)8-5-6(1-3-18-8)11(20)9-7(17)2-4-19-10(9)12(21)22/h1-5H,(H2,17,19)(H,21,22). The Morgan fingerprint density at radius 3 is 2.36 bits per heavy atom. The zero-order chi connectivity index (χ0) is 16.5. The summed E-state index contributed by atoms with van der Waals surface area (Å²) in [6.45, 7) is 0. The smallest absolute Gasteiger partial charge is 0.433 e. The Morgan fingerprint density at radius 2 is 1.77 bits per heavy atom. The molecule has 114 valence electrons. The van der Waals surface area contributed by atoms with Gasteiger partial charge >= 0.3 is 12.1 Å². The fourth-order valence-electron chi connectivity index (χ4n) is 1.75. The summed E-state index contributed by atoms with van der Waals surface area (Å²) in [6.07, 6.45) is -2.83. The van der Waals surface area contributed by atoms with Gasteiger partial charge in [0.1, 0.15) is 5.69 Å². The molecule has 2 heterocycles. The molecular formula is C13H8F3N3O3. The fraction of sp³-hybridized carbons (Fsp3) is 0.0769. The zero-order valence-electron chi connectivity index (χ0n) is 10.8. The highest BCUT2D eigenvalue weighted by Gasteiger charge is 2.33. The van der Waals surface area contributed by atoms with Crippen LogP contribution in [0.1, 0.15) is 32.1 Å². The van der Waals surface area contributed by atoms with Crippen LogP contribution in [0.2, 0.25) is 0 Å². The van der Waals surface area contributed by atoms with Crippen LogP contribution in [-0.4, -0.2) is 26.8 Å². The SMILES string of the molecule is Nc1ccnc(C(=O)O)c1C(=O)c1ccnc(C(F)(F)F)c1. The van der Waals surface area contributed by atoms with Crippen LogP contribution in [-0.2, 0) is 6.18 Å². The Bertz CT molecular complexity index is 760. The molecule has 6 nitrogen and oxygen atoms in total. The Kier molecular flexibility index (Phi) is 3.81. The molecule has 0 aliphatic carbocycles. The van der Waals surface area contributed by atoms with Crippen molar-refractivity contribution < 1.29 is 27.9 Å². The summed E-state index contributed by atoms with van der Waals surface area (Å²) in [6, 6.07) is 2.75. The van der Waals surface area contributed by atoms with Gasteiger partial charge in [-0.1, -0.05) is 0 Å². The Hall–Kier alpha value is -2.97. The van der Waals surface area contributed by atoms with Crippen molar-refractivity contribution in [1.82, 2.24) is 9.97 Å². The number of alkyl halides is 3. The summed E-state index contributed by atoms with van der Waals surface area (Å²) >= 11 is 0. The molecule has 2 rings (SSSR count). The Labute approximate surface area is 121 Å². The molecule has 9 heteroatoms. The average molecular weight is 311 g/mol. The Morgan fingerprint density at radius 1 is 1.14 bits per heavy atom. The van der Waals surface area contributed by atoms with Crippen LogP contribution in [0.4, 0.5) is 18.9 Å². The summed E-state index contributed by atoms with van der Waals surface area (Å²) in [5.74, 6) is -2.49. The number of aromatic nitrogens is 2. The van der Waals surface area contributed by atoms with Gasteiger partial charge in [0.05, 0.1) is 5.56 Å². The number of ketones is 1. The van der Waals surface area contributed by atoms with E-state index in [0.29, 0.717) is 6.07 Å². The van der Waals surface area contributed by atoms with Crippen molar-refractivity contribution in [3.05, 3.63) is 53.1 Å². The maximum Gasteiger partial charge on any atom is 0.433 e. The highest BCUT2D eigenvalue weighted by atomic mass is 19.4. The van der Waals surface area contributed by atoms with E-state index in [1.807, 2.05) is 0 Å². The number of carboxylic acid groups (broad SMARTS) is 1. The lowest BCUT2D eigenvalue weighted by Crippen LogP contribution is -2.16. The van der Waals surface area contributed by atoms with Gasteiger partial charge in [0, 0.05) is 23.6 Å². The van der Waals surface area contributed by atoms with E-state index in [9.17, 15) is 22.8 Å². The van der Waals surface area contributed by atoms with Crippen LogP contribution in [0.25, 0.3) is 0 Å².